The molecule has 0 aliphatic carbocycles. The van der Waals surface area contributed by atoms with Crippen LogP contribution in [0.25, 0.3) is 11.4 Å². The molecule has 2 aromatic heterocycles. The number of piperidine rings is 1. The molecule has 4 heterocycles. The SMILES string of the molecule is CC(C)OC(=O)N1CCC(OCc2nc(-c3ccc(N4C[C@H](c5cc(F)ccc5F)[C@@H](N)C4)nc3)no2)CC1.Cc1ccc(S(=O)(=O)O)cc1. The first-order valence-corrected chi connectivity index (χ1v) is 17.6. The van der Waals surface area contributed by atoms with Crippen LogP contribution in [0.3, 0.4) is 0 Å². The summed E-state index contributed by atoms with van der Waals surface area (Å²) in [6, 6.07) is 12.7. The zero-order valence-corrected chi connectivity index (χ0v) is 28.7. The Hall–Kier alpha value is -4.51. The Morgan fingerprint density at radius 3 is 2.44 bits per heavy atom. The van der Waals surface area contributed by atoms with Gasteiger partial charge in [-0.25, -0.2) is 18.6 Å². The van der Waals surface area contributed by atoms with E-state index in [-0.39, 0.29) is 47.3 Å². The van der Waals surface area contributed by atoms with Crippen molar-refractivity contribution in [3.05, 3.63) is 89.4 Å². The Labute approximate surface area is 289 Å². The zero-order chi connectivity index (χ0) is 36.0. The van der Waals surface area contributed by atoms with Gasteiger partial charge in [-0.15, -0.1) is 0 Å². The highest BCUT2D eigenvalue weighted by Gasteiger charge is 2.34. The van der Waals surface area contributed by atoms with Crippen molar-refractivity contribution in [1.29, 1.82) is 0 Å². The molecule has 1 amide bonds. The van der Waals surface area contributed by atoms with Crippen molar-refractivity contribution in [3.63, 3.8) is 0 Å². The Kier molecular flexibility index (Phi) is 11.8. The third kappa shape index (κ3) is 9.59. The minimum atomic E-state index is -4.02. The van der Waals surface area contributed by atoms with Gasteiger partial charge in [0.2, 0.25) is 5.82 Å². The number of halogens is 2. The van der Waals surface area contributed by atoms with Gasteiger partial charge >= 0.3 is 6.09 Å². The van der Waals surface area contributed by atoms with E-state index in [9.17, 15) is 22.0 Å². The topological polar surface area (TPSA) is 174 Å². The molecule has 3 N–H and O–H groups in total. The van der Waals surface area contributed by atoms with Crippen LogP contribution < -0.4 is 10.6 Å². The molecule has 2 fully saturated rings. The molecule has 16 heteroatoms. The molecule has 4 aromatic rings. The van der Waals surface area contributed by atoms with Crippen LogP contribution in [0.1, 0.15) is 49.6 Å². The van der Waals surface area contributed by atoms with Crippen LogP contribution in [0.4, 0.5) is 19.4 Å². The third-order valence-corrected chi connectivity index (χ3v) is 9.19. The number of anilines is 1. The number of rotatable bonds is 8. The molecule has 2 aliphatic heterocycles. The highest BCUT2D eigenvalue weighted by Crippen LogP contribution is 2.32. The van der Waals surface area contributed by atoms with Crippen LogP contribution >= 0.6 is 0 Å². The second-order valence-electron chi connectivity index (χ2n) is 12.5. The molecular weight excluding hydrogens is 674 g/mol. The second kappa shape index (κ2) is 16.0. The number of hydrogen-bond donors (Lipinski definition) is 2. The summed E-state index contributed by atoms with van der Waals surface area (Å²) in [5, 5.41) is 4.04. The van der Waals surface area contributed by atoms with E-state index in [1.165, 1.54) is 18.2 Å². The van der Waals surface area contributed by atoms with Gasteiger partial charge < -0.3 is 29.5 Å². The lowest BCUT2D eigenvalue weighted by atomic mass is 9.94. The number of amides is 1. The van der Waals surface area contributed by atoms with Gasteiger partial charge in [0.1, 0.15) is 24.1 Å². The van der Waals surface area contributed by atoms with Crippen molar-refractivity contribution in [2.45, 2.75) is 69.3 Å². The molecule has 0 saturated carbocycles. The first-order valence-electron chi connectivity index (χ1n) is 16.1. The van der Waals surface area contributed by atoms with Crippen molar-refractivity contribution in [1.82, 2.24) is 20.0 Å². The lowest BCUT2D eigenvalue weighted by molar-refractivity contribution is -0.0147. The number of hydrogen-bond acceptors (Lipinski definition) is 11. The number of aryl methyl sites for hydroxylation is 1. The van der Waals surface area contributed by atoms with Crippen LogP contribution in [0.5, 0.6) is 0 Å². The average molecular weight is 715 g/mol. The van der Waals surface area contributed by atoms with E-state index in [0.29, 0.717) is 62.1 Å². The van der Waals surface area contributed by atoms with Crippen LogP contribution in [0, 0.1) is 18.6 Å². The van der Waals surface area contributed by atoms with E-state index < -0.39 is 21.8 Å². The maximum atomic E-state index is 14.3. The predicted molar refractivity (Wildman–Crippen MR) is 179 cm³/mol. The summed E-state index contributed by atoms with van der Waals surface area (Å²) in [5.74, 6) is 0.110. The predicted octanol–water partition coefficient (Wildman–Crippen LogP) is 5.11. The zero-order valence-electron chi connectivity index (χ0n) is 27.9. The molecule has 2 saturated heterocycles. The molecule has 0 radical (unpaired) electrons. The highest BCUT2D eigenvalue weighted by molar-refractivity contribution is 7.85. The Morgan fingerprint density at radius 1 is 1.08 bits per heavy atom. The number of nitrogens with two attached hydrogens (primary N) is 1. The molecule has 268 valence electrons. The Bertz CT molecular complexity index is 1850. The Balaban J connectivity index is 0.000000377. The minimum absolute atomic E-state index is 0.0130. The van der Waals surface area contributed by atoms with Gasteiger partial charge in [-0.3, -0.25) is 4.55 Å². The van der Waals surface area contributed by atoms with Crippen molar-refractivity contribution in [3.8, 4) is 11.4 Å². The fourth-order valence-electron chi connectivity index (χ4n) is 5.66. The maximum Gasteiger partial charge on any atom is 0.410 e. The quantitative estimate of drug-likeness (QED) is 0.231. The summed E-state index contributed by atoms with van der Waals surface area (Å²) >= 11 is 0. The van der Waals surface area contributed by atoms with Crippen molar-refractivity contribution in [2.24, 2.45) is 5.73 Å². The molecule has 0 spiro atoms. The van der Waals surface area contributed by atoms with E-state index in [1.54, 1.807) is 23.2 Å². The molecular formula is C34H40F2N6O7S. The average Bonchev–Trinajstić information content (AvgIpc) is 3.72. The third-order valence-electron chi connectivity index (χ3n) is 8.32. The van der Waals surface area contributed by atoms with Gasteiger partial charge in [-0.1, -0.05) is 22.9 Å². The monoisotopic (exact) mass is 714 g/mol. The summed E-state index contributed by atoms with van der Waals surface area (Å²) < 4.78 is 74.1. The molecule has 2 aliphatic rings. The lowest BCUT2D eigenvalue weighted by Gasteiger charge is -2.31. The summed E-state index contributed by atoms with van der Waals surface area (Å²) in [4.78, 5) is 24.5. The fraction of sp³-hybridized carbons (Fsp3) is 0.412. The summed E-state index contributed by atoms with van der Waals surface area (Å²) in [5.41, 5.74) is 8.18. The van der Waals surface area contributed by atoms with Crippen molar-refractivity contribution < 1.29 is 40.5 Å². The van der Waals surface area contributed by atoms with Gasteiger partial charge in [0.05, 0.1) is 17.1 Å². The van der Waals surface area contributed by atoms with E-state index in [0.717, 1.165) is 17.7 Å². The van der Waals surface area contributed by atoms with Gasteiger partial charge in [-0.05, 0) is 81.6 Å². The normalized spacial score (nSPS) is 18.2. The molecule has 0 unspecified atom stereocenters. The highest BCUT2D eigenvalue weighted by atomic mass is 32.2. The molecule has 13 nitrogen and oxygen atoms in total. The van der Waals surface area contributed by atoms with Crippen LogP contribution in [0.2, 0.25) is 0 Å². The number of ether oxygens (including phenoxy) is 2. The first kappa shape index (κ1) is 36.8. The lowest BCUT2D eigenvalue weighted by Crippen LogP contribution is -2.41. The van der Waals surface area contributed by atoms with Gasteiger partial charge in [0.15, 0.2) is 0 Å². The number of benzene rings is 2. The van der Waals surface area contributed by atoms with Crippen LogP contribution in [0.15, 0.2) is 70.2 Å². The molecule has 6 rings (SSSR count). The molecule has 50 heavy (non-hydrogen) atoms. The summed E-state index contributed by atoms with van der Waals surface area (Å²) in [6.07, 6.45) is 2.59. The largest absolute Gasteiger partial charge is 0.447 e. The van der Waals surface area contributed by atoms with Crippen LogP contribution in [-0.4, -0.2) is 83.5 Å². The number of carbonyl (C=O) groups excluding carboxylic acids is 1. The van der Waals surface area contributed by atoms with E-state index in [2.05, 4.69) is 15.1 Å². The minimum Gasteiger partial charge on any atom is -0.447 e. The Morgan fingerprint density at radius 2 is 1.80 bits per heavy atom. The summed E-state index contributed by atoms with van der Waals surface area (Å²) in [6.45, 7) is 7.71. The number of pyridine rings is 1. The van der Waals surface area contributed by atoms with E-state index in [1.807, 2.05) is 37.8 Å². The first-order chi connectivity index (χ1) is 23.8. The fourth-order valence-corrected chi connectivity index (χ4v) is 6.14. The van der Waals surface area contributed by atoms with Gasteiger partial charge in [0.25, 0.3) is 16.0 Å². The van der Waals surface area contributed by atoms with Gasteiger partial charge in [-0.2, -0.15) is 13.4 Å². The van der Waals surface area contributed by atoms with Gasteiger partial charge in [0, 0.05) is 49.9 Å². The van der Waals surface area contributed by atoms with E-state index in [4.69, 9.17) is 24.3 Å². The summed E-state index contributed by atoms with van der Waals surface area (Å²) in [7, 11) is -4.02. The van der Waals surface area contributed by atoms with Crippen molar-refractivity contribution in [2.75, 3.05) is 31.1 Å². The number of carbonyl (C=O) groups is 1. The van der Waals surface area contributed by atoms with E-state index >= 15 is 0 Å². The number of likely N-dealkylation sites (tertiary alicyclic amines) is 1. The maximum absolute atomic E-state index is 14.3. The van der Waals surface area contributed by atoms with Crippen molar-refractivity contribution >= 4 is 22.0 Å². The second-order valence-corrected chi connectivity index (χ2v) is 13.9. The van der Waals surface area contributed by atoms with Crippen LogP contribution in [-0.2, 0) is 26.2 Å². The number of nitrogens with zero attached hydrogens (tertiary/aromatic N) is 5. The molecule has 2 atom stereocenters. The molecule has 2 aromatic carbocycles. The smallest absolute Gasteiger partial charge is 0.410 e. The standard InChI is InChI=1S/C27H32F2N6O4.C7H8O3S/c1-16(2)38-27(36)34-9-7-19(8-10-34)37-15-25-32-26(33-39-25)17-3-6-24(31-12-17)35-13-21(23(30)14-35)20-11-18(28)4-5-22(20)29;1-6-2-4-7(5-3-6)11(8,9)10/h3-6,11-12,16,19,21,23H,7-10,13-15,30H2,1-2H3;2-5H,1H3,(H,8,9,10)/t21-,23+;/m1./s1. The number of aromatic nitrogens is 3. The molecule has 0 bridgehead atoms.